The van der Waals surface area contributed by atoms with Gasteiger partial charge in [0, 0.05) is 26.7 Å². The Balaban J connectivity index is 1.81. The van der Waals surface area contributed by atoms with Crippen molar-refractivity contribution in [1.82, 2.24) is 13.9 Å². The highest BCUT2D eigenvalue weighted by atomic mass is 32.2. The van der Waals surface area contributed by atoms with E-state index in [1.165, 1.54) is 24.8 Å². The minimum Gasteiger partial charge on any atom is -0.454 e. The van der Waals surface area contributed by atoms with Gasteiger partial charge < -0.3 is 9.47 Å². The standard InChI is InChI=1S/C16H25N3O4S/c1-18(2)24(20,21)17-11-14(19-8-4-3-5-9-19)13-6-7-15-16(10-13)23-12-22-15/h6-7,10,14,17H,3-5,8-9,11-12H2,1-2H3. The van der Waals surface area contributed by atoms with Crippen molar-refractivity contribution >= 4 is 10.2 Å². The quantitative estimate of drug-likeness (QED) is 0.834. The molecule has 3 rings (SSSR count). The summed E-state index contributed by atoms with van der Waals surface area (Å²) in [6.45, 7) is 2.52. The van der Waals surface area contributed by atoms with Gasteiger partial charge in [0.1, 0.15) is 0 Å². The van der Waals surface area contributed by atoms with Gasteiger partial charge in [-0.3, -0.25) is 4.90 Å². The van der Waals surface area contributed by atoms with Gasteiger partial charge in [-0.15, -0.1) is 0 Å². The predicted octanol–water partition coefficient (Wildman–Crippen LogP) is 1.34. The SMILES string of the molecule is CN(C)S(=O)(=O)NCC(c1ccc2c(c1)OCO2)N1CCCCC1. The molecule has 0 bridgehead atoms. The highest BCUT2D eigenvalue weighted by Crippen LogP contribution is 2.36. The number of benzene rings is 1. The molecule has 1 N–H and O–H groups in total. The van der Waals surface area contributed by atoms with Crippen molar-refractivity contribution in [3.8, 4) is 11.5 Å². The highest BCUT2D eigenvalue weighted by Gasteiger charge is 2.26. The minimum absolute atomic E-state index is 0.0190. The Kier molecular flexibility index (Phi) is 5.29. The van der Waals surface area contributed by atoms with Crippen LogP contribution < -0.4 is 14.2 Å². The number of rotatable bonds is 6. The minimum atomic E-state index is -3.45. The molecule has 134 valence electrons. The first-order valence-corrected chi connectivity index (χ1v) is 9.72. The van der Waals surface area contributed by atoms with E-state index in [2.05, 4.69) is 9.62 Å². The maximum atomic E-state index is 12.1. The average Bonchev–Trinajstić information content (AvgIpc) is 3.03. The Bertz CT molecular complexity index is 672. The number of nitrogens with one attached hydrogen (secondary N) is 1. The van der Waals surface area contributed by atoms with E-state index in [0.29, 0.717) is 6.54 Å². The van der Waals surface area contributed by atoms with Crippen molar-refractivity contribution < 1.29 is 17.9 Å². The number of piperidine rings is 1. The molecule has 0 aromatic heterocycles. The van der Waals surface area contributed by atoms with Crippen LogP contribution in [-0.4, -0.2) is 58.1 Å². The lowest BCUT2D eigenvalue weighted by molar-refractivity contribution is 0.163. The van der Waals surface area contributed by atoms with Crippen molar-refractivity contribution in [3.63, 3.8) is 0 Å². The summed E-state index contributed by atoms with van der Waals surface area (Å²) in [5, 5.41) is 0. The van der Waals surface area contributed by atoms with Crippen LogP contribution in [0.25, 0.3) is 0 Å². The molecule has 2 aliphatic heterocycles. The van der Waals surface area contributed by atoms with E-state index in [4.69, 9.17) is 9.47 Å². The Hall–Kier alpha value is -1.35. The zero-order valence-electron chi connectivity index (χ0n) is 14.2. The molecule has 1 aromatic carbocycles. The third kappa shape index (κ3) is 3.83. The fourth-order valence-electron chi connectivity index (χ4n) is 3.12. The number of ether oxygens (including phenoxy) is 2. The molecule has 0 radical (unpaired) electrons. The number of hydrogen-bond acceptors (Lipinski definition) is 5. The summed E-state index contributed by atoms with van der Waals surface area (Å²) < 4.78 is 38.9. The fourth-order valence-corrected chi connectivity index (χ4v) is 3.75. The Morgan fingerprint density at radius 2 is 1.88 bits per heavy atom. The molecule has 8 heteroatoms. The zero-order valence-corrected chi connectivity index (χ0v) is 15.0. The predicted molar refractivity (Wildman–Crippen MR) is 91.3 cm³/mol. The second kappa shape index (κ2) is 7.26. The Labute approximate surface area is 143 Å². The first kappa shape index (κ1) is 17.5. The van der Waals surface area contributed by atoms with Crippen molar-refractivity contribution in [2.45, 2.75) is 25.3 Å². The molecule has 1 atom stereocenters. The van der Waals surface area contributed by atoms with Crippen LogP contribution in [0.1, 0.15) is 30.9 Å². The summed E-state index contributed by atoms with van der Waals surface area (Å²) >= 11 is 0. The van der Waals surface area contributed by atoms with E-state index in [1.54, 1.807) is 0 Å². The average molecular weight is 355 g/mol. The Morgan fingerprint density at radius 3 is 2.58 bits per heavy atom. The van der Waals surface area contributed by atoms with E-state index in [0.717, 1.165) is 43.0 Å². The summed E-state index contributed by atoms with van der Waals surface area (Å²) in [5.74, 6) is 1.47. The molecule has 0 spiro atoms. The highest BCUT2D eigenvalue weighted by molar-refractivity contribution is 7.87. The molecule has 0 aliphatic carbocycles. The van der Waals surface area contributed by atoms with Crippen LogP contribution in [-0.2, 0) is 10.2 Å². The van der Waals surface area contributed by atoms with Gasteiger partial charge in [0.15, 0.2) is 11.5 Å². The second-order valence-corrected chi connectivity index (χ2v) is 8.33. The zero-order chi connectivity index (χ0) is 17.2. The monoisotopic (exact) mass is 355 g/mol. The molecular formula is C16H25N3O4S. The van der Waals surface area contributed by atoms with Crippen molar-refractivity contribution in [2.75, 3.05) is 40.5 Å². The van der Waals surface area contributed by atoms with Crippen LogP contribution in [0.5, 0.6) is 11.5 Å². The molecule has 1 fully saturated rings. The first-order chi connectivity index (χ1) is 11.5. The lowest BCUT2D eigenvalue weighted by Gasteiger charge is -2.35. The van der Waals surface area contributed by atoms with Crippen LogP contribution >= 0.6 is 0 Å². The van der Waals surface area contributed by atoms with Gasteiger partial charge in [-0.1, -0.05) is 12.5 Å². The molecule has 2 heterocycles. The smallest absolute Gasteiger partial charge is 0.278 e. The van der Waals surface area contributed by atoms with Crippen molar-refractivity contribution in [2.24, 2.45) is 0 Å². The lowest BCUT2D eigenvalue weighted by atomic mass is 10.0. The number of nitrogens with zero attached hydrogens (tertiary/aromatic N) is 2. The molecule has 2 aliphatic rings. The van der Waals surface area contributed by atoms with Gasteiger partial charge in [-0.25, -0.2) is 4.72 Å². The summed E-state index contributed by atoms with van der Waals surface area (Å²) in [5.41, 5.74) is 1.04. The van der Waals surface area contributed by atoms with Crippen LogP contribution in [0, 0.1) is 0 Å². The van der Waals surface area contributed by atoms with Gasteiger partial charge in [0.2, 0.25) is 6.79 Å². The maximum Gasteiger partial charge on any atom is 0.278 e. The first-order valence-electron chi connectivity index (χ1n) is 8.28. The van der Waals surface area contributed by atoms with Crippen molar-refractivity contribution in [1.29, 1.82) is 0 Å². The van der Waals surface area contributed by atoms with E-state index in [9.17, 15) is 8.42 Å². The van der Waals surface area contributed by atoms with Crippen LogP contribution in [0.2, 0.25) is 0 Å². The third-order valence-corrected chi connectivity index (χ3v) is 6.05. The summed E-state index contributed by atoms with van der Waals surface area (Å²) in [6.07, 6.45) is 3.51. The summed E-state index contributed by atoms with van der Waals surface area (Å²) in [6, 6.07) is 5.84. The molecule has 1 aromatic rings. The second-order valence-electron chi connectivity index (χ2n) is 6.36. The van der Waals surface area contributed by atoms with E-state index in [-0.39, 0.29) is 12.8 Å². The number of hydrogen-bond donors (Lipinski definition) is 1. The molecule has 0 saturated carbocycles. The van der Waals surface area contributed by atoms with Gasteiger partial charge in [0.05, 0.1) is 0 Å². The number of fused-ring (bicyclic) bond motifs is 1. The van der Waals surface area contributed by atoms with Crippen LogP contribution in [0.3, 0.4) is 0 Å². The molecule has 1 unspecified atom stereocenters. The van der Waals surface area contributed by atoms with Gasteiger partial charge >= 0.3 is 0 Å². The maximum absolute atomic E-state index is 12.1. The van der Waals surface area contributed by atoms with Crippen LogP contribution in [0.15, 0.2) is 18.2 Å². The van der Waals surface area contributed by atoms with Crippen molar-refractivity contribution in [3.05, 3.63) is 23.8 Å². The normalized spacial score (nSPS) is 19.6. The molecule has 24 heavy (non-hydrogen) atoms. The Morgan fingerprint density at radius 1 is 1.17 bits per heavy atom. The molecule has 7 nitrogen and oxygen atoms in total. The van der Waals surface area contributed by atoms with E-state index < -0.39 is 10.2 Å². The number of likely N-dealkylation sites (tertiary alicyclic amines) is 1. The van der Waals surface area contributed by atoms with Gasteiger partial charge in [-0.05, 0) is 43.6 Å². The van der Waals surface area contributed by atoms with Gasteiger partial charge in [-0.2, -0.15) is 12.7 Å². The molecule has 1 saturated heterocycles. The summed E-state index contributed by atoms with van der Waals surface area (Å²) in [7, 11) is -0.398. The summed E-state index contributed by atoms with van der Waals surface area (Å²) in [4.78, 5) is 2.35. The topological polar surface area (TPSA) is 71.1 Å². The molecule has 0 amide bonds. The fraction of sp³-hybridized carbons (Fsp3) is 0.625. The largest absolute Gasteiger partial charge is 0.454 e. The van der Waals surface area contributed by atoms with Crippen LogP contribution in [0.4, 0.5) is 0 Å². The lowest BCUT2D eigenvalue weighted by Crippen LogP contribution is -2.43. The van der Waals surface area contributed by atoms with Gasteiger partial charge in [0.25, 0.3) is 10.2 Å². The molecular weight excluding hydrogens is 330 g/mol. The van der Waals surface area contributed by atoms with E-state index in [1.807, 2.05) is 18.2 Å². The third-order valence-electron chi connectivity index (χ3n) is 4.55. The van der Waals surface area contributed by atoms with E-state index >= 15 is 0 Å².